The van der Waals surface area contributed by atoms with Gasteiger partial charge in [0.2, 0.25) is 0 Å². The molecule has 1 aliphatic rings. The zero-order valence-electron chi connectivity index (χ0n) is 13.9. The second kappa shape index (κ2) is 8.53. The zero-order chi connectivity index (χ0) is 17.5. The quantitative estimate of drug-likeness (QED) is 0.805. The van der Waals surface area contributed by atoms with Gasteiger partial charge in [0.15, 0.2) is 0 Å². The Morgan fingerprint density at radius 3 is 2.88 bits per heavy atom. The summed E-state index contributed by atoms with van der Waals surface area (Å²) >= 11 is 0. The van der Waals surface area contributed by atoms with Crippen molar-refractivity contribution in [3.63, 3.8) is 0 Å². The molecule has 1 aromatic heterocycles. The van der Waals surface area contributed by atoms with Crippen molar-refractivity contribution in [2.24, 2.45) is 0 Å². The van der Waals surface area contributed by atoms with E-state index in [1.807, 2.05) is 0 Å². The van der Waals surface area contributed by atoms with Gasteiger partial charge in [-0.2, -0.15) is 0 Å². The molecule has 2 aromatic rings. The molecule has 6 nitrogen and oxygen atoms in total. The van der Waals surface area contributed by atoms with Gasteiger partial charge in [0.1, 0.15) is 23.7 Å². The Bertz CT molecular complexity index is 702. The Labute approximate surface area is 145 Å². The van der Waals surface area contributed by atoms with Crippen LogP contribution in [0.25, 0.3) is 0 Å². The number of rotatable bonds is 7. The lowest BCUT2D eigenvalue weighted by molar-refractivity contribution is 0.0853. The summed E-state index contributed by atoms with van der Waals surface area (Å²) in [7, 11) is 0. The van der Waals surface area contributed by atoms with Crippen LogP contribution in [-0.4, -0.2) is 41.7 Å². The van der Waals surface area contributed by atoms with Crippen LogP contribution in [0, 0.1) is 5.82 Å². The lowest BCUT2D eigenvalue weighted by Gasteiger charge is -2.11. The summed E-state index contributed by atoms with van der Waals surface area (Å²) in [4.78, 5) is 20.3. The number of hydrogen-bond donors (Lipinski definition) is 2. The molecule has 2 N–H and O–H groups in total. The van der Waals surface area contributed by atoms with E-state index in [0.29, 0.717) is 24.6 Å². The summed E-state index contributed by atoms with van der Waals surface area (Å²) in [6, 6.07) is 8.00. The largest absolute Gasteiger partial charge is 0.376 e. The van der Waals surface area contributed by atoms with Crippen molar-refractivity contribution >= 4 is 11.7 Å². The number of ether oxygens (including phenoxy) is 1. The molecular formula is C18H21FN4O2. The van der Waals surface area contributed by atoms with E-state index in [-0.39, 0.29) is 17.8 Å². The highest BCUT2D eigenvalue weighted by atomic mass is 19.1. The second-order valence-corrected chi connectivity index (χ2v) is 5.94. The minimum Gasteiger partial charge on any atom is -0.376 e. The van der Waals surface area contributed by atoms with Crippen molar-refractivity contribution in [1.82, 2.24) is 15.3 Å². The highest BCUT2D eigenvalue weighted by molar-refractivity contribution is 5.92. The smallest absolute Gasteiger partial charge is 0.270 e. The van der Waals surface area contributed by atoms with Gasteiger partial charge in [-0.15, -0.1) is 0 Å². The van der Waals surface area contributed by atoms with Crippen LogP contribution in [0.2, 0.25) is 0 Å². The SMILES string of the molecule is O=C(NCC1CCCO1)c1cc(NCCc2ccc(F)cc2)ncn1. The van der Waals surface area contributed by atoms with Gasteiger partial charge in [0, 0.05) is 25.8 Å². The molecule has 0 saturated carbocycles. The number of benzene rings is 1. The van der Waals surface area contributed by atoms with Crippen molar-refractivity contribution in [1.29, 1.82) is 0 Å². The lowest BCUT2D eigenvalue weighted by Crippen LogP contribution is -2.32. The minimum atomic E-state index is -0.244. The molecule has 1 aromatic carbocycles. The van der Waals surface area contributed by atoms with E-state index in [9.17, 15) is 9.18 Å². The molecule has 1 saturated heterocycles. The monoisotopic (exact) mass is 344 g/mol. The predicted molar refractivity (Wildman–Crippen MR) is 91.9 cm³/mol. The summed E-state index contributed by atoms with van der Waals surface area (Å²) in [6.07, 6.45) is 4.20. The molecule has 0 aliphatic carbocycles. The van der Waals surface area contributed by atoms with Crippen molar-refractivity contribution in [2.45, 2.75) is 25.4 Å². The first kappa shape index (κ1) is 17.3. The minimum absolute atomic E-state index is 0.0964. The van der Waals surface area contributed by atoms with E-state index in [0.717, 1.165) is 31.4 Å². The summed E-state index contributed by atoms with van der Waals surface area (Å²) in [5.41, 5.74) is 1.34. The van der Waals surface area contributed by atoms with E-state index in [1.54, 1.807) is 18.2 Å². The highest BCUT2D eigenvalue weighted by Gasteiger charge is 2.17. The number of carbonyl (C=O) groups excluding carboxylic acids is 1. The van der Waals surface area contributed by atoms with Crippen LogP contribution < -0.4 is 10.6 Å². The van der Waals surface area contributed by atoms with Gasteiger partial charge in [0.05, 0.1) is 6.10 Å². The van der Waals surface area contributed by atoms with Crippen LogP contribution in [0.1, 0.15) is 28.9 Å². The van der Waals surface area contributed by atoms with Gasteiger partial charge < -0.3 is 15.4 Å². The fourth-order valence-electron chi connectivity index (χ4n) is 2.67. The Kier molecular flexibility index (Phi) is 5.90. The average Bonchev–Trinajstić information content (AvgIpc) is 3.15. The molecule has 132 valence electrons. The van der Waals surface area contributed by atoms with Crippen LogP contribution in [0.15, 0.2) is 36.7 Å². The number of nitrogens with zero attached hydrogens (tertiary/aromatic N) is 2. The summed E-state index contributed by atoms with van der Waals surface area (Å²) < 4.78 is 18.4. The van der Waals surface area contributed by atoms with Gasteiger partial charge >= 0.3 is 0 Å². The fourth-order valence-corrected chi connectivity index (χ4v) is 2.67. The number of halogens is 1. The van der Waals surface area contributed by atoms with E-state index in [1.165, 1.54) is 18.5 Å². The average molecular weight is 344 g/mol. The summed E-state index contributed by atoms with van der Waals surface area (Å²) in [6.45, 7) is 1.88. The Hall–Kier alpha value is -2.54. The Morgan fingerprint density at radius 1 is 1.28 bits per heavy atom. The molecule has 1 atom stereocenters. The molecule has 7 heteroatoms. The van der Waals surface area contributed by atoms with Gasteiger partial charge in [0.25, 0.3) is 5.91 Å². The van der Waals surface area contributed by atoms with E-state index in [2.05, 4.69) is 20.6 Å². The first-order valence-corrected chi connectivity index (χ1v) is 8.41. The highest BCUT2D eigenvalue weighted by Crippen LogP contribution is 2.11. The second-order valence-electron chi connectivity index (χ2n) is 5.94. The molecule has 0 bridgehead atoms. The van der Waals surface area contributed by atoms with E-state index < -0.39 is 0 Å². The molecule has 2 heterocycles. The van der Waals surface area contributed by atoms with Crippen LogP contribution in [0.5, 0.6) is 0 Å². The third-order valence-corrected chi connectivity index (χ3v) is 4.05. The third-order valence-electron chi connectivity index (χ3n) is 4.05. The number of aromatic nitrogens is 2. The Morgan fingerprint density at radius 2 is 2.12 bits per heavy atom. The third kappa shape index (κ3) is 5.22. The maximum absolute atomic E-state index is 12.9. The van der Waals surface area contributed by atoms with Crippen molar-refractivity contribution < 1.29 is 13.9 Å². The molecule has 1 amide bonds. The van der Waals surface area contributed by atoms with Gasteiger partial charge in [-0.25, -0.2) is 14.4 Å². The predicted octanol–water partition coefficient (Wildman–Crippen LogP) is 2.18. The van der Waals surface area contributed by atoms with Crippen molar-refractivity contribution in [3.05, 3.63) is 53.7 Å². The lowest BCUT2D eigenvalue weighted by atomic mass is 10.1. The number of anilines is 1. The van der Waals surface area contributed by atoms with Gasteiger partial charge in [-0.1, -0.05) is 12.1 Å². The topological polar surface area (TPSA) is 76.1 Å². The number of amides is 1. The maximum atomic E-state index is 12.9. The summed E-state index contributed by atoms with van der Waals surface area (Å²) in [5, 5.41) is 5.99. The molecule has 25 heavy (non-hydrogen) atoms. The summed E-state index contributed by atoms with van der Waals surface area (Å²) in [5.74, 6) is 0.102. The molecular weight excluding hydrogens is 323 g/mol. The number of nitrogens with one attached hydrogen (secondary N) is 2. The molecule has 1 fully saturated rings. The van der Waals surface area contributed by atoms with Crippen LogP contribution >= 0.6 is 0 Å². The maximum Gasteiger partial charge on any atom is 0.270 e. The van der Waals surface area contributed by atoms with Gasteiger partial charge in [-0.05, 0) is 37.0 Å². The fraction of sp³-hybridized carbons (Fsp3) is 0.389. The van der Waals surface area contributed by atoms with E-state index >= 15 is 0 Å². The van der Waals surface area contributed by atoms with Crippen molar-refractivity contribution in [2.75, 3.05) is 25.0 Å². The normalized spacial score (nSPS) is 16.6. The standard InChI is InChI=1S/C18H21FN4O2/c19-14-5-3-13(4-6-14)7-8-20-17-10-16(22-12-23-17)18(24)21-11-15-2-1-9-25-15/h3-6,10,12,15H,1-2,7-9,11H2,(H,21,24)(H,20,22,23). The van der Waals surface area contributed by atoms with Crippen molar-refractivity contribution in [3.8, 4) is 0 Å². The van der Waals surface area contributed by atoms with Gasteiger partial charge in [-0.3, -0.25) is 4.79 Å². The molecule has 1 unspecified atom stereocenters. The number of carbonyl (C=O) groups is 1. The zero-order valence-corrected chi connectivity index (χ0v) is 13.9. The van der Waals surface area contributed by atoms with Crippen LogP contribution in [0.3, 0.4) is 0 Å². The first-order chi connectivity index (χ1) is 12.2. The molecule has 0 radical (unpaired) electrons. The number of hydrogen-bond acceptors (Lipinski definition) is 5. The molecule has 0 spiro atoms. The Balaban J connectivity index is 1.48. The molecule has 1 aliphatic heterocycles. The van der Waals surface area contributed by atoms with E-state index in [4.69, 9.17) is 4.74 Å². The first-order valence-electron chi connectivity index (χ1n) is 8.41. The van der Waals surface area contributed by atoms with Crippen LogP contribution in [0.4, 0.5) is 10.2 Å². The molecule has 3 rings (SSSR count). The van der Waals surface area contributed by atoms with Crippen LogP contribution in [-0.2, 0) is 11.2 Å².